The second-order valence-corrected chi connectivity index (χ2v) is 6.65. The first kappa shape index (κ1) is 20.1. The van der Waals surface area contributed by atoms with Crippen molar-refractivity contribution in [2.45, 2.75) is 0 Å². The first-order chi connectivity index (χ1) is 15.1. The normalized spacial score (nSPS) is 10.8. The summed E-state index contributed by atoms with van der Waals surface area (Å²) in [6.45, 7) is 0.324. The number of nitrogens with one attached hydrogen (secondary N) is 1. The fourth-order valence-corrected chi connectivity index (χ4v) is 3.04. The molecule has 0 atom stereocenters. The Morgan fingerprint density at radius 2 is 1.94 bits per heavy atom. The Morgan fingerprint density at radius 3 is 2.68 bits per heavy atom. The van der Waals surface area contributed by atoms with E-state index in [0.717, 1.165) is 16.8 Å². The number of methoxy groups -OCH3 is 1. The molecule has 0 aliphatic carbocycles. The zero-order chi connectivity index (χ0) is 21.8. The lowest BCUT2D eigenvalue weighted by Gasteiger charge is -2.07. The second-order valence-electron chi connectivity index (χ2n) is 6.65. The van der Waals surface area contributed by atoms with E-state index >= 15 is 0 Å². The highest BCUT2D eigenvalue weighted by molar-refractivity contribution is 5.80. The van der Waals surface area contributed by atoms with Gasteiger partial charge in [-0.15, -0.1) is 0 Å². The Morgan fingerprint density at radius 1 is 1.13 bits per heavy atom. The van der Waals surface area contributed by atoms with E-state index in [0.29, 0.717) is 41.1 Å². The summed E-state index contributed by atoms with van der Waals surface area (Å²) in [5.41, 5.74) is 16.0. The zero-order valence-electron chi connectivity index (χ0n) is 16.9. The van der Waals surface area contributed by atoms with Crippen LogP contribution in [0.3, 0.4) is 0 Å². The summed E-state index contributed by atoms with van der Waals surface area (Å²) in [5, 5.41) is 16.8. The van der Waals surface area contributed by atoms with E-state index in [1.807, 2.05) is 30.5 Å². The van der Waals surface area contributed by atoms with Crippen molar-refractivity contribution in [2.75, 3.05) is 37.0 Å². The van der Waals surface area contributed by atoms with Crippen LogP contribution < -0.4 is 21.5 Å². The van der Waals surface area contributed by atoms with Gasteiger partial charge in [0.2, 0.25) is 5.95 Å². The molecule has 0 saturated carbocycles. The lowest BCUT2D eigenvalue weighted by atomic mass is 10.1. The van der Waals surface area contributed by atoms with Crippen LogP contribution in [-0.4, -0.2) is 50.1 Å². The number of rotatable bonds is 7. The molecule has 10 nitrogen and oxygen atoms in total. The summed E-state index contributed by atoms with van der Waals surface area (Å²) in [4.78, 5) is 13.0. The molecule has 0 spiro atoms. The fraction of sp³-hybridized carbons (Fsp3) is 0.143. The molecule has 31 heavy (non-hydrogen) atoms. The van der Waals surface area contributed by atoms with Crippen LogP contribution in [0.2, 0.25) is 0 Å². The summed E-state index contributed by atoms with van der Waals surface area (Å²) in [6, 6.07) is 11.0. The second kappa shape index (κ2) is 8.67. The van der Waals surface area contributed by atoms with Crippen LogP contribution in [0.1, 0.15) is 0 Å². The van der Waals surface area contributed by atoms with Crippen LogP contribution in [0.5, 0.6) is 5.75 Å². The molecule has 158 valence electrons. The van der Waals surface area contributed by atoms with Gasteiger partial charge in [-0.2, -0.15) is 5.10 Å². The fourth-order valence-electron chi connectivity index (χ4n) is 3.04. The molecule has 0 aliphatic rings. The summed E-state index contributed by atoms with van der Waals surface area (Å²) in [5.74, 6) is 1.16. The largest absolute Gasteiger partial charge is 0.493 e. The van der Waals surface area contributed by atoms with Gasteiger partial charge >= 0.3 is 0 Å². The number of anilines is 3. The predicted octanol–water partition coefficient (Wildman–Crippen LogP) is 1.97. The zero-order valence-corrected chi connectivity index (χ0v) is 16.9. The van der Waals surface area contributed by atoms with Crippen molar-refractivity contribution in [3.05, 3.63) is 55.0 Å². The summed E-state index contributed by atoms with van der Waals surface area (Å²) in [7, 11) is 1.54. The third-order valence-electron chi connectivity index (χ3n) is 4.57. The van der Waals surface area contributed by atoms with Crippen LogP contribution in [0.4, 0.5) is 17.5 Å². The highest BCUT2D eigenvalue weighted by Gasteiger charge is 2.18. The molecular weight excluding hydrogens is 396 g/mol. The number of hydrogen-bond donors (Lipinski definition) is 4. The molecule has 3 aromatic heterocycles. The lowest BCUT2D eigenvalue weighted by Crippen LogP contribution is -2.08. The lowest BCUT2D eigenvalue weighted by molar-refractivity contribution is 0.311. The van der Waals surface area contributed by atoms with Crippen molar-refractivity contribution in [1.82, 2.24) is 24.7 Å². The number of aliphatic hydroxyl groups is 1. The van der Waals surface area contributed by atoms with Crippen molar-refractivity contribution in [3.63, 3.8) is 0 Å². The van der Waals surface area contributed by atoms with E-state index in [1.165, 1.54) is 7.11 Å². The molecule has 0 aliphatic heterocycles. The molecule has 3 heterocycles. The van der Waals surface area contributed by atoms with Crippen molar-refractivity contribution in [1.29, 1.82) is 0 Å². The molecule has 6 N–H and O–H groups in total. The number of hydrogen-bond acceptors (Lipinski definition) is 9. The number of aliphatic hydroxyl groups excluding tert-OH is 1. The van der Waals surface area contributed by atoms with Crippen LogP contribution in [0, 0.1) is 0 Å². The third kappa shape index (κ3) is 4.23. The molecule has 0 saturated heterocycles. The Hall–Kier alpha value is -4.18. The van der Waals surface area contributed by atoms with Gasteiger partial charge < -0.3 is 26.6 Å². The van der Waals surface area contributed by atoms with Crippen LogP contribution >= 0.6 is 0 Å². The first-order valence-electron chi connectivity index (χ1n) is 9.52. The van der Waals surface area contributed by atoms with E-state index in [1.54, 1.807) is 29.2 Å². The van der Waals surface area contributed by atoms with Gasteiger partial charge in [0.1, 0.15) is 5.69 Å². The number of benzene rings is 1. The van der Waals surface area contributed by atoms with E-state index in [9.17, 15) is 0 Å². The van der Waals surface area contributed by atoms with Crippen molar-refractivity contribution >= 4 is 17.5 Å². The van der Waals surface area contributed by atoms with Crippen LogP contribution in [0.25, 0.3) is 28.2 Å². The molecule has 4 aromatic rings. The Labute approximate surface area is 178 Å². The Balaban J connectivity index is 1.86. The number of nitrogen functional groups attached to an aromatic ring is 2. The van der Waals surface area contributed by atoms with Gasteiger partial charge in [-0.25, -0.2) is 19.6 Å². The molecule has 0 bridgehead atoms. The van der Waals surface area contributed by atoms with E-state index in [4.69, 9.17) is 26.4 Å². The third-order valence-corrected chi connectivity index (χ3v) is 4.57. The summed E-state index contributed by atoms with van der Waals surface area (Å²) in [6.07, 6.45) is 5.17. The Kier molecular flexibility index (Phi) is 5.63. The minimum absolute atomic E-state index is 0.0230. The SMILES string of the molecule is COc1cc(-c2nn(-c3ccc(N)cc3)cc2-c2ccnc(NCCO)n2)cnc1N. The molecule has 4 rings (SSSR count). The van der Waals surface area contributed by atoms with E-state index < -0.39 is 0 Å². The van der Waals surface area contributed by atoms with Crippen LogP contribution in [-0.2, 0) is 0 Å². The van der Waals surface area contributed by atoms with Gasteiger partial charge in [-0.05, 0) is 36.4 Å². The molecule has 0 unspecified atom stereocenters. The number of pyridine rings is 1. The molecule has 10 heteroatoms. The quantitative estimate of drug-likeness (QED) is 0.330. The first-order valence-corrected chi connectivity index (χ1v) is 9.52. The minimum Gasteiger partial charge on any atom is -0.493 e. The smallest absolute Gasteiger partial charge is 0.223 e. The van der Waals surface area contributed by atoms with Gasteiger partial charge in [0.15, 0.2) is 11.6 Å². The van der Waals surface area contributed by atoms with Gasteiger partial charge in [-0.3, -0.25) is 0 Å². The van der Waals surface area contributed by atoms with Gasteiger partial charge in [0.25, 0.3) is 0 Å². The van der Waals surface area contributed by atoms with E-state index in [2.05, 4.69) is 20.3 Å². The highest BCUT2D eigenvalue weighted by Crippen LogP contribution is 2.34. The van der Waals surface area contributed by atoms with Crippen LogP contribution in [0.15, 0.2) is 55.0 Å². The topological polar surface area (TPSA) is 150 Å². The number of ether oxygens (including phenoxy) is 1. The maximum Gasteiger partial charge on any atom is 0.223 e. The average molecular weight is 418 g/mol. The molecular formula is C21H22N8O2. The van der Waals surface area contributed by atoms with Gasteiger partial charge in [-0.1, -0.05) is 0 Å². The highest BCUT2D eigenvalue weighted by atomic mass is 16.5. The molecule has 0 fully saturated rings. The number of nitrogens with two attached hydrogens (primary N) is 2. The monoisotopic (exact) mass is 418 g/mol. The average Bonchev–Trinajstić information content (AvgIpc) is 3.24. The maximum absolute atomic E-state index is 9.06. The summed E-state index contributed by atoms with van der Waals surface area (Å²) >= 11 is 0. The van der Waals surface area contributed by atoms with Crippen molar-refractivity contribution < 1.29 is 9.84 Å². The molecule has 1 aromatic carbocycles. The van der Waals surface area contributed by atoms with Gasteiger partial charge in [0, 0.05) is 41.9 Å². The molecule has 0 radical (unpaired) electrons. The van der Waals surface area contributed by atoms with Gasteiger partial charge in [0.05, 0.1) is 25.1 Å². The van der Waals surface area contributed by atoms with Crippen molar-refractivity contribution in [3.8, 4) is 34.0 Å². The number of aromatic nitrogens is 5. The summed E-state index contributed by atoms with van der Waals surface area (Å²) < 4.78 is 7.07. The minimum atomic E-state index is -0.0230. The van der Waals surface area contributed by atoms with E-state index in [-0.39, 0.29) is 6.61 Å². The Bertz CT molecular complexity index is 1190. The number of nitrogens with zero attached hydrogens (tertiary/aromatic N) is 5. The van der Waals surface area contributed by atoms with Crippen molar-refractivity contribution in [2.24, 2.45) is 0 Å². The standard InChI is InChI=1S/C21H22N8O2/c1-31-18-10-13(11-26-20(18)23)19-16(17-6-7-24-21(27-17)25-8-9-30)12-29(28-19)15-4-2-14(22)3-5-15/h2-7,10-12,30H,8-9,22H2,1H3,(H2,23,26)(H,24,25,27). The maximum atomic E-state index is 9.06. The molecule has 0 amide bonds. The predicted molar refractivity (Wildman–Crippen MR) is 119 cm³/mol.